The second kappa shape index (κ2) is 5.44. The van der Waals surface area contributed by atoms with Gasteiger partial charge in [-0.1, -0.05) is 6.07 Å². The Labute approximate surface area is 119 Å². The number of hydrogen-bond donors (Lipinski definition) is 0. The number of ether oxygens (including phenoxy) is 3. The van der Waals surface area contributed by atoms with E-state index in [-0.39, 0.29) is 11.7 Å². The van der Waals surface area contributed by atoms with Crippen molar-refractivity contribution in [2.24, 2.45) is 0 Å². The molecule has 0 N–H and O–H groups in total. The Balaban J connectivity index is 1.78. The van der Waals surface area contributed by atoms with Crippen molar-refractivity contribution in [3.05, 3.63) is 23.8 Å². The van der Waals surface area contributed by atoms with Crippen LogP contribution in [0.15, 0.2) is 18.2 Å². The van der Waals surface area contributed by atoms with Crippen LogP contribution in [-0.2, 0) is 4.74 Å². The number of rotatable bonds is 4. The summed E-state index contributed by atoms with van der Waals surface area (Å²) in [5.74, 6) is 1.18. The van der Waals surface area contributed by atoms with Crippen LogP contribution in [0.1, 0.15) is 42.5 Å². The number of aldehydes is 1. The van der Waals surface area contributed by atoms with Gasteiger partial charge in [0.05, 0.1) is 24.9 Å². The molecular formula is C16H20O4. The lowest BCUT2D eigenvalue weighted by atomic mass is 9.74. The van der Waals surface area contributed by atoms with E-state index in [0.29, 0.717) is 17.1 Å². The van der Waals surface area contributed by atoms with Gasteiger partial charge in [0.25, 0.3) is 0 Å². The summed E-state index contributed by atoms with van der Waals surface area (Å²) < 4.78 is 17.3. The third-order valence-electron chi connectivity index (χ3n) is 4.35. The van der Waals surface area contributed by atoms with Crippen molar-refractivity contribution < 1.29 is 19.0 Å². The highest BCUT2D eigenvalue weighted by Gasteiger charge is 2.43. The molecule has 1 aliphatic carbocycles. The third kappa shape index (κ3) is 2.40. The van der Waals surface area contributed by atoms with Crippen LogP contribution in [-0.4, -0.2) is 31.7 Å². The first kappa shape index (κ1) is 13.4. The van der Waals surface area contributed by atoms with Gasteiger partial charge >= 0.3 is 0 Å². The van der Waals surface area contributed by atoms with E-state index in [4.69, 9.17) is 14.2 Å². The van der Waals surface area contributed by atoms with Crippen LogP contribution in [0.4, 0.5) is 0 Å². The Hall–Kier alpha value is -1.55. The van der Waals surface area contributed by atoms with E-state index in [1.807, 2.05) is 6.07 Å². The summed E-state index contributed by atoms with van der Waals surface area (Å²) in [6.07, 6.45) is 6.16. The largest absolute Gasteiger partial charge is 0.493 e. The Morgan fingerprint density at radius 2 is 2.25 bits per heavy atom. The SMILES string of the molecule is COc1cccc(C=O)c1OC1CCOC2(CCC2)C1. The first-order valence-corrected chi connectivity index (χ1v) is 7.19. The van der Waals surface area contributed by atoms with Crippen molar-refractivity contribution in [3.8, 4) is 11.5 Å². The second-order valence-corrected chi connectivity index (χ2v) is 5.61. The first-order valence-electron chi connectivity index (χ1n) is 7.19. The average molecular weight is 276 g/mol. The minimum absolute atomic E-state index is 0.0340. The van der Waals surface area contributed by atoms with Crippen LogP contribution in [0.25, 0.3) is 0 Å². The minimum atomic E-state index is 0.0340. The van der Waals surface area contributed by atoms with Gasteiger partial charge in [0.1, 0.15) is 6.10 Å². The lowest BCUT2D eigenvalue weighted by Crippen LogP contribution is -2.48. The number of carbonyl (C=O) groups excluding carboxylic acids is 1. The third-order valence-corrected chi connectivity index (χ3v) is 4.35. The molecule has 20 heavy (non-hydrogen) atoms. The van der Waals surface area contributed by atoms with Crippen LogP contribution in [0.2, 0.25) is 0 Å². The van der Waals surface area contributed by atoms with E-state index in [1.165, 1.54) is 6.42 Å². The Kier molecular flexibility index (Phi) is 3.66. The van der Waals surface area contributed by atoms with E-state index in [2.05, 4.69) is 0 Å². The molecule has 1 aromatic carbocycles. The molecule has 4 nitrogen and oxygen atoms in total. The van der Waals surface area contributed by atoms with Crippen LogP contribution in [0.3, 0.4) is 0 Å². The lowest BCUT2D eigenvalue weighted by molar-refractivity contribution is -0.153. The van der Waals surface area contributed by atoms with Gasteiger partial charge in [0, 0.05) is 12.8 Å². The van der Waals surface area contributed by atoms with Crippen LogP contribution in [0, 0.1) is 0 Å². The summed E-state index contributed by atoms with van der Waals surface area (Å²) in [5, 5.41) is 0. The van der Waals surface area contributed by atoms with Gasteiger partial charge in [-0.15, -0.1) is 0 Å². The molecule has 1 atom stereocenters. The van der Waals surface area contributed by atoms with Crippen molar-refractivity contribution >= 4 is 6.29 Å². The molecule has 1 aromatic rings. The maximum absolute atomic E-state index is 11.2. The molecule has 1 spiro atoms. The molecule has 2 fully saturated rings. The van der Waals surface area contributed by atoms with E-state index < -0.39 is 0 Å². The van der Waals surface area contributed by atoms with Gasteiger partial charge in [-0.05, 0) is 31.4 Å². The van der Waals surface area contributed by atoms with Crippen molar-refractivity contribution in [1.29, 1.82) is 0 Å². The highest BCUT2D eigenvalue weighted by molar-refractivity contribution is 5.81. The fourth-order valence-electron chi connectivity index (χ4n) is 3.08. The van der Waals surface area contributed by atoms with E-state index in [9.17, 15) is 4.79 Å². The standard InChI is InChI=1S/C16H20O4/c1-18-14-5-2-4-12(11-17)15(14)20-13-6-9-19-16(10-13)7-3-8-16/h2,4-5,11,13H,3,6-10H2,1H3. The number of carbonyl (C=O) groups is 1. The van der Waals surface area contributed by atoms with Crippen LogP contribution < -0.4 is 9.47 Å². The van der Waals surface area contributed by atoms with Crippen LogP contribution >= 0.6 is 0 Å². The van der Waals surface area contributed by atoms with Gasteiger partial charge in [-0.25, -0.2) is 0 Å². The molecule has 1 unspecified atom stereocenters. The van der Waals surface area contributed by atoms with Crippen LogP contribution in [0.5, 0.6) is 11.5 Å². The van der Waals surface area contributed by atoms with Gasteiger partial charge in [-0.2, -0.15) is 0 Å². The summed E-state index contributed by atoms with van der Waals surface area (Å²) >= 11 is 0. The smallest absolute Gasteiger partial charge is 0.172 e. The molecule has 0 amide bonds. The molecule has 1 aliphatic heterocycles. The number of para-hydroxylation sites is 1. The summed E-state index contributed by atoms with van der Waals surface area (Å²) in [7, 11) is 1.59. The fraction of sp³-hybridized carbons (Fsp3) is 0.562. The number of hydrogen-bond acceptors (Lipinski definition) is 4. The zero-order valence-electron chi connectivity index (χ0n) is 11.8. The van der Waals surface area contributed by atoms with Gasteiger partial charge in [0.15, 0.2) is 17.8 Å². The van der Waals surface area contributed by atoms with Crippen molar-refractivity contribution in [1.82, 2.24) is 0 Å². The zero-order chi connectivity index (χ0) is 14.0. The second-order valence-electron chi connectivity index (χ2n) is 5.61. The summed E-state index contributed by atoms with van der Waals surface area (Å²) in [6, 6.07) is 5.37. The van der Waals surface area contributed by atoms with Gasteiger partial charge in [0.2, 0.25) is 0 Å². The van der Waals surface area contributed by atoms with Crippen molar-refractivity contribution in [2.45, 2.75) is 43.8 Å². The predicted octanol–water partition coefficient (Wildman–Crippen LogP) is 2.99. The van der Waals surface area contributed by atoms with Gasteiger partial charge in [-0.3, -0.25) is 4.79 Å². The van der Waals surface area contributed by atoms with Gasteiger partial charge < -0.3 is 14.2 Å². The Morgan fingerprint density at radius 3 is 2.90 bits per heavy atom. The fourth-order valence-corrected chi connectivity index (χ4v) is 3.08. The minimum Gasteiger partial charge on any atom is -0.493 e. The Bertz CT molecular complexity index is 493. The maximum atomic E-state index is 11.2. The first-order chi connectivity index (χ1) is 9.76. The van der Waals surface area contributed by atoms with E-state index in [1.54, 1.807) is 19.2 Å². The normalized spacial score (nSPS) is 23.9. The van der Waals surface area contributed by atoms with E-state index >= 15 is 0 Å². The summed E-state index contributed by atoms with van der Waals surface area (Å²) in [6.45, 7) is 0.732. The molecule has 0 aromatic heterocycles. The summed E-state index contributed by atoms with van der Waals surface area (Å²) in [5.41, 5.74) is 0.574. The number of benzene rings is 1. The summed E-state index contributed by atoms with van der Waals surface area (Å²) in [4.78, 5) is 11.2. The highest BCUT2D eigenvalue weighted by atomic mass is 16.5. The molecule has 0 radical (unpaired) electrons. The number of methoxy groups -OCH3 is 1. The molecule has 1 heterocycles. The zero-order valence-corrected chi connectivity index (χ0v) is 11.8. The van der Waals surface area contributed by atoms with Crippen molar-refractivity contribution in [3.63, 3.8) is 0 Å². The molecule has 3 rings (SSSR count). The molecular weight excluding hydrogens is 256 g/mol. The molecule has 2 aliphatic rings. The van der Waals surface area contributed by atoms with Crippen molar-refractivity contribution in [2.75, 3.05) is 13.7 Å². The topological polar surface area (TPSA) is 44.8 Å². The molecule has 108 valence electrons. The highest BCUT2D eigenvalue weighted by Crippen LogP contribution is 2.44. The lowest BCUT2D eigenvalue weighted by Gasteiger charge is -2.47. The molecule has 4 heteroatoms. The quantitative estimate of drug-likeness (QED) is 0.793. The molecule has 1 saturated carbocycles. The van der Waals surface area contributed by atoms with E-state index in [0.717, 1.165) is 38.6 Å². The predicted molar refractivity (Wildman–Crippen MR) is 74.6 cm³/mol. The monoisotopic (exact) mass is 276 g/mol. The maximum Gasteiger partial charge on any atom is 0.172 e. The average Bonchev–Trinajstić information content (AvgIpc) is 2.46. The molecule has 0 bridgehead atoms. The Morgan fingerprint density at radius 1 is 1.40 bits per heavy atom. The molecule has 1 saturated heterocycles.